The van der Waals surface area contributed by atoms with E-state index < -0.39 is 5.54 Å². The summed E-state index contributed by atoms with van der Waals surface area (Å²) in [5.41, 5.74) is 2.59. The van der Waals surface area contributed by atoms with Crippen molar-refractivity contribution in [3.63, 3.8) is 0 Å². The van der Waals surface area contributed by atoms with E-state index in [1.165, 1.54) is 0 Å². The fourth-order valence-corrected chi connectivity index (χ4v) is 4.06. The number of carbonyl (C=O) groups is 2. The molecule has 7 heteroatoms. The molecule has 2 amide bonds. The number of halogens is 1. The largest absolute Gasteiger partial charge is 0.449 e. The van der Waals surface area contributed by atoms with Crippen LogP contribution in [-0.4, -0.2) is 40.3 Å². The topological polar surface area (TPSA) is 75.4 Å². The Morgan fingerprint density at radius 2 is 1.97 bits per heavy atom. The maximum Gasteiger partial charge on any atom is 0.290 e. The highest BCUT2D eigenvalue weighted by atomic mass is 35.5. The van der Waals surface area contributed by atoms with Crippen molar-refractivity contribution in [1.29, 1.82) is 0 Å². The average molecular weight is 440 g/mol. The van der Waals surface area contributed by atoms with Gasteiger partial charge in [-0.3, -0.25) is 9.59 Å². The smallest absolute Gasteiger partial charge is 0.290 e. The first kappa shape index (κ1) is 21.4. The minimum atomic E-state index is -0.958. The number of aromatic nitrogens is 1. The van der Waals surface area contributed by atoms with E-state index >= 15 is 0 Å². The lowest BCUT2D eigenvalue weighted by Gasteiger charge is -2.40. The van der Waals surface area contributed by atoms with Crippen LogP contribution in [0.1, 0.15) is 50.7 Å². The van der Waals surface area contributed by atoms with Gasteiger partial charge in [0.2, 0.25) is 5.91 Å². The van der Waals surface area contributed by atoms with Gasteiger partial charge in [-0.05, 0) is 37.5 Å². The van der Waals surface area contributed by atoms with Crippen molar-refractivity contribution in [3.8, 4) is 11.3 Å². The zero-order chi connectivity index (χ0) is 22.6. The van der Waals surface area contributed by atoms with Gasteiger partial charge in [-0.15, -0.1) is 0 Å². The molecule has 1 aliphatic rings. The maximum absolute atomic E-state index is 13.3. The first-order chi connectivity index (χ1) is 14.5. The summed E-state index contributed by atoms with van der Waals surface area (Å²) in [7, 11) is 0. The number of fused-ring (bicyclic) bond motifs is 1. The highest BCUT2D eigenvalue weighted by Crippen LogP contribution is 2.35. The second kappa shape index (κ2) is 7.38. The van der Waals surface area contributed by atoms with Gasteiger partial charge in [-0.2, -0.15) is 0 Å². The number of hydrogen-bond acceptors (Lipinski definition) is 4. The second-order valence-corrected chi connectivity index (χ2v) is 9.85. The summed E-state index contributed by atoms with van der Waals surface area (Å²) in [4.78, 5) is 31.9. The zero-order valence-electron chi connectivity index (χ0n) is 18.4. The van der Waals surface area contributed by atoms with E-state index in [-0.39, 0.29) is 23.0 Å². The van der Waals surface area contributed by atoms with Gasteiger partial charge in [-0.25, -0.2) is 4.98 Å². The van der Waals surface area contributed by atoms with Crippen LogP contribution in [-0.2, 0) is 10.2 Å². The Kier molecular flexibility index (Phi) is 5.09. The van der Waals surface area contributed by atoms with Crippen molar-refractivity contribution in [2.24, 2.45) is 0 Å². The third-order valence-electron chi connectivity index (χ3n) is 5.71. The Morgan fingerprint density at radius 3 is 2.65 bits per heavy atom. The predicted octanol–water partition coefficient (Wildman–Crippen LogP) is 4.80. The van der Waals surface area contributed by atoms with Crippen molar-refractivity contribution in [1.82, 2.24) is 15.2 Å². The Morgan fingerprint density at radius 1 is 1.23 bits per heavy atom. The van der Waals surface area contributed by atoms with E-state index in [1.54, 1.807) is 24.8 Å². The van der Waals surface area contributed by atoms with Crippen LogP contribution in [0.5, 0.6) is 0 Å². The van der Waals surface area contributed by atoms with Gasteiger partial charge in [-0.1, -0.05) is 44.5 Å². The van der Waals surface area contributed by atoms with Crippen molar-refractivity contribution in [2.45, 2.75) is 45.6 Å². The van der Waals surface area contributed by atoms with Crippen LogP contribution in [0.4, 0.5) is 0 Å². The van der Waals surface area contributed by atoms with E-state index in [0.29, 0.717) is 29.2 Å². The second-order valence-electron chi connectivity index (χ2n) is 9.41. The fraction of sp³-hybridized carbons (Fsp3) is 0.375. The minimum absolute atomic E-state index is 0.180. The number of amides is 2. The van der Waals surface area contributed by atoms with Gasteiger partial charge in [0, 0.05) is 35.3 Å². The van der Waals surface area contributed by atoms with Crippen LogP contribution >= 0.6 is 11.6 Å². The minimum Gasteiger partial charge on any atom is -0.449 e. The molecule has 31 heavy (non-hydrogen) atoms. The highest BCUT2D eigenvalue weighted by molar-refractivity contribution is 6.30. The van der Waals surface area contributed by atoms with E-state index in [9.17, 15) is 9.59 Å². The van der Waals surface area contributed by atoms with Crippen molar-refractivity contribution >= 4 is 34.5 Å². The van der Waals surface area contributed by atoms with Gasteiger partial charge in [0.15, 0.2) is 11.3 Å². The van der Waals surface area contributed by atoms with Crippen molar-refractivity contribution < 1.29 is 14.0 Å². The number of carbonyl (C=O) groups excluding carboxylic acids is 2. The van der Waals surface area contributed by atoms with E-state index in [0.717, 1.165) is 16.8 Å². The Bertz CT molecular complexity index is 1190. The lowest BCUT2D eigenvalue weighted by Crippen LogP contribution is -2.63. The molecule has 0 aliphatic carbocycles. The first-order valence-electron chi connectivity index (χ1n) is 10.3. The molecule has 3 aromatic rings. The van der Waals surface area contributed by atoms with Crippen LogP contribution in [0.3, 0.4) is 0 Å². The van der Waals surface area contributed by atoms with Gasteiger partial charge in [0.25, 0.3) is 5.91 Å². The van der Waals surface area contributed by atoms with Crippen LogP contribution < -0.4 is 5.32 Å². The average Bonchev–Trinajstić information content (AvgIpc) is 3.12. The molecule has 2 aromatic heterocycles. The van der Waals surface area contributed by atoms with Gasteiger partial charge in [0.05, 0.1) is 5.69 Å². The zero-order valence-corrected chi connectivity index (χ0v) is 19.1. The molecular weight excluding hydrogens is 414 g/mol. The first-order valence-corrected chi connectivity index (χ1v) is 10.7. The van der Waals surface area contributed by atoms with E-state index in [2.05, 4.69) is 26.1 Å². The summed E-state index contributed by atoms with van der Waals surface area (Å²) in [6.45, 7) is 10.6. The molecule has 0 radical (unpaired) electrons. The van der Waals surface area contributed by atoms with Crippen LogP contribution in [0.25, 0.3) is 22.4 Å². The molecule has 6 nitrogen and oxygen atoms in total. The Balaban J connectivity index is 1.84. The molecule has 1 aliphatic heterocycles. The number of hydrogen-bond donors (Lipinski definition) is 1. The Hall–Kier alpha value is -2.86. The molecule has 1 aromatic carbocycles. The van der Waals surface area contributed by atoms with Crippen molar-refractivity contribution in [2.75, 3.05) is 13.1 Å². The van der Waals surface area contributed by atoms with E-state index in [1.807, 2.05) is 30.3 Å². The summed E-state index contributed by atoms with van der Waals surface area (Å²) < 4.78 is 6.07. The predicted molar refractivity (Wildman–Crippen MR) is 121 cm³/mol. The lowest BCUT2D eigenvalue weighted by atomic mass is 9.86. The summed E-state index contributed by atoms with van der Waals surface area (Å²) in [6, 6.07) is 11.2. The Labute approximate surface area is 186 Å². The monoisotopic (exact) mass is 439 g/mol. The molecule has 0 bridgehead atoms. The number of nitrogens with one attached hydrogen (secondary N) is 1. The lowest BCUT2D eigenvalue weighted by molar-refractivity contribution is -0.133. The van der Waals surface area contributed by atoms with Gasteiger partial charge in [0.1, 0.15) is 11.1 Å². The fourth-order valence-electron chi connectivity index (χ4n) is 3.87. The molecule has 0 unspecified atom stereocenters. The molecule has 1 fully saturated rings. The number of furan rings is 1. The molecule has 3 heterocycles. The number of pyridine rings is 1. The number of benzene rings is 1. The molecule has 0 saturated carbocycles. The molecule has 162 valence electrons. The van der Waals surface area contributed by atoms with Gasteiger partial charge >= 0.3 is 0 Å². The standard InChI is InChI=1S/C24H26ClN3O3/c1-23(2,3)16-12-17(14-7-6-8-15(25)11-14)27-18-13-19(31-20(16)18)21(29)28-10-9-26-22(30)24(28,4)5/h6-8,11-13H,9-10H2,1-5H3,(H,26,30). The SMILES string of the molecule is CC(C)(C)c1cc(-c2cccc(Cl)c2)nc2cc(C(=O)N3CCNC(=O)C3(C)C)oc12. The third-order valence-corrected chi connectivity index (χ3v) is 5.95. The molecule has 0 spiro atoms. The molecular formula is C24H26ClN3O3. The molecule has 0 atom stereocenters. The van der Waals surface area contributed by atoms with Crippen LogP contribution in [0, 0.1) is 0 Å². The van der Waals surface area contributed by atoms with Crippen molar-refractivity contribution in [3.05, 3.63) is 52.7 Å². The summed E-state index contributed by atoms with van der Waals surface area (Å²) in [5.74, 6) is -0.319. The number of piperazine rings is 1. The van der Waals surface area contributed by atoms with E-state index in [4.69, 9.17) is 21.0 Å². The van der Waals surface area contributed by atoms with Crippen LogP contribution in [0.15, 0.2) is 40.8 Å². The normalized spacial score (nSPS) is 16.5. The number of rotatable bonds is 2. The van der Waals surface area contributed by atoms with Gasteiger partial charge < -0.3 is 14.6 Å². The molecule has 1 saturated heterocycles. The summed E-state index contributed by atoms with van der Waals surface area (Å²) >= 11 is 6.18. The summed E-state index contributed by atoms with van der Waals surface area (Å²) in [6.07, 6.45) is 0. The number of nitrogens with zero attached hydrogens (tertiary/aromatic N) is 2. The van der Waals surface area contributed by atoms with Crippen LogP contribution in [0.2, 0.25) is 5.02 Å². The quantitative estimate of drug-likeness (QED) is 0.622. The molecule has 4 rings (SSSR count). The highest BCUT2D eigenvalue weighted by Gasteiger charge is 2.41. The third kappa shape index (κ3) is 3.81. The molecule has 1 N–H and O–H groups in total. The maximum atomic E-state index is 13.3. The summed E-state index contributed by atoms with van der Waals surface area (Å²) in [5, 5.41) is 3.44.